The summed E-state index contributed by atoms with van der Waals surface area (Å²) in [7, 11) is 1.31. The number of carbonyl (C=O) groups excluding carboxylic acids is 1. The number of pyridine rings is 1. The number of ether oxygens (including phenoxy) is 1. The first-order chi connectivity index (χ1) is 9.10. The zero-order valence-corrected chi connectivity index (χ0v) is 10.8. The molecule has 0 atom stereocenters. The summed E-state index contributed by atoms with van der Waals surface area (Å²) in [5.41, 5.74) is 12.2. The van der Waals surface area contributed by atoms with Crippen LogP contribution in [0.1, 0.15) is 10.4 Å². The van der Waals surface area contributed by atoms with Crippen LogP contribution in [0, 0.1) is 0 Å². The molecule has 8 heteroatoms. The fourth-order valence-corrected chi connectivity index (χ4v) is 2.08. The summed E-state index contributed by atoms with van der Waals surface area (Å²) >= 11 is 1.29. The van der Waals surface area contributed by atoms with Crippen molar-refractivity contribution >= 4 is 28.4 Å². The molecule has 0 aliphatic rings. The first kappa shape index (κ1) is 13.0. The molecule has 7 nitrogen and oxygen atoms in total. The highest BCUT2D eigenvalue weighted by Gasteiger charge is 2.10. The zero-order chi connectivity index (χ0) is 13.8. The van der Waals surface area contributed by atoms with Crippen LogP contribution < -0.4 is 11.5 Å². The number of aromatic nitrogens is 2. The highest BCUT2D eigenvalue weighted by molar-refractivity contribution is 7.13. The fraction of sp³-hybridized carbons (Fsp3) is 0.0909. The Labute approximate surface area is 113 Å². The van der Waals surface area contributed by atoms with Crippen LogP contribution in [0.25, 0.3) is 11.3 Å². The first-order valence-corrected chi connectivity index (χ1v) is 6.07. The van der Waals surface area contributed by atoms with E-state index in [0.29, 0.717) is 22.0 Å². The van der Waals surface area contributed by atoms with E-state index in [1.54, 1.807) is 17.6 Å². The van der Waals surface area contributed by atoms with Gasteiger partial charge in [0.15, 0.2) is 5.96 Å². The summed E-state index contributed by atoms with van der Waals surface area (Å²) in [6.07, 6.45) is 3.03. The average Bonchev–Trinajstić information content (AvgIpc) is 2.85. The van der Waals surface area contributed by atoms with E-state index in [-0.39, 0.29) is 5.96 Å². The highest BCUT2D eigenvalue weighted by atomic mass is 32.1. The number of carbonyl (C=O) groups is 1. The van der Waals surface area contributed by atoms with Crippen molar-refractivity contribution in [3.05, 3.63) is 29.4 Å². The Hall–Kier alpha value is -2.48. The van der Waals surface area contributed by atoms with E-state index in [1.807, 2.05) is 0 Å². The van der Waals surface area contributed by atoms with E-state index in [2.05, 4.69) is 19.7 Å². The molecule has 0 saturated heterocycles. The standard InChI is InChI=1S/C11H11N5O2S/c1-18-9(17)7-2-6(3-14-4-7)8-5-19-11(15-8)16-10(12)13/h2-5H,1H3,(H4,12,13,15,16). The second-order valence-corrected chi connectivity index (χ2v) is 4.34. The van der Waals surface area contributed by atoms with Crippen molar-refractivity contribution in [3.63, 3.8) is 0 Å². The van der Waals surface area contributed by atoms with Gasteiger partial charge < -0.3 is 16.2 Å². The van der Waals surface area contributed by atoms with E-state index >= 15 is 0 Å². The van der Waals surface area contributed by atoms with Crippen LogP contribution in [0.5, 0.6) is 0 Å². The fourth-order valence-electron chi connectivity index (χ4n) is 1.37. The van der Waals surface area contributed by atoms with Crippen molar-refractivity contribution in [2.75, 3.05) is 7.11 Å². The number of rotatable bonds is 3. The van der Waals surface area contributed by atoms with Gasteiger partial charge in [-0.2, -0.15) is 4.99 Å². The van der Waals surface area contributed by atoms with Crippen LogP contribution >= 0.6 is 11.3 Å². The minimum absolute atomic E-state index is 0.0534. The molecule has 2 heterocycles. The van der Waals surface area contributed by atoms with E-state index in [0.717, 1.165) is 0 Å². The molecule has 0 aliphatic carbocycles. The normalized spacial score (nSPS) is 9.95. The minimum atomic E-state index is -0.450. The van der Waals surface area contributed by atoms with Gasteiger partial charge in [-0.15, -0.1) is 11.3 Å². The summed E-state index contributed by atoms with van der Waals surface area (Å²) in [5, 5.41) is 2.22. The smallest absolute Gasteiger partial charge is 0.339 e. The lowest BCUT2D eigenvalue weighted by atomic mass is 10.2. The topological polar surface area (TPSA) is 116 Å². The van der Waals surface area contributed by atoms with E-state index < -0.39 is 5.97 Å². The van der Waals surface area contributed by atoms with Crippen molar-refractivity contribution in [2.24, 2.45) is 16.5 Å². The molecule has 2 aromatic rings. The number of nitrogens with two attached hydrogens (primary N) is 2. The average molecular weight is 277 g/mol. The Bertz CT molecular complexity index is 634. The third kappa shape index (κ3) is 3.05. The predicted molar refractivity (Wildman–Crippen MR) is 72.2 cm³/mol. The van der Waals surface area contributed by atoms with Crippen LogP contribution in [-0.4, -0.2) is 29.0 Å². The van der Waals surface area contributed by atoms with Crippen LogP contribution in [-0.2, 0) is 4.74 Å². The van der Waals surface area contributed by atoms with Gasteiger partial charge in [-0.3, -0.25) is 4.98 Å². The van der Waals surface area contributed by atoms with Gasteiger partial charge in [-0.1, -0.05) is 0 Å². The van der Waals surface area contributed by atoms with E-state index in [9.17, 15) is 4.79 Å². The summed E-state index contributed by atoms with van der Waals surface area (Å²) < 4.78 is 4.63. The van der Waals surface area contributed by atoms with Crippen LogP contribution in [0.15, 0.2) is 28.8 Å². The molecule has 2 rings (SSSR count). The monoisotopic (exact) mass is 277 g/mol. The molecule has 98 valence electrons. The molecule has 4 N–H and O–H groups in total. The maximum absolute atomic E-state index is 11.4. The Morgan fingerprint density at radius 3 is 2.89 bits per heavy atom. The van der Waals surface area contributed by atoms with Crippen LogP contribution in [0.2, 0.25) is 0 Å². The summed E-state index contributed by atoms with van der Waals surface area (Å²) in [5.74, 6) is -0.503. The van der Waals surface area contributed by atoms with Gasteiger partial charge in [0.05, 0.1) is 18.4 Å². The molecule has 0 bridgehead atoms. The van der Waals surface area contributed by atoms with Crippen LogP contribution in [0.4, 0.5) is 5.13 Å². The number of aliphatic imine (C=N–C) groups is 1. The van der Waals surface area contributed by atoms with Gasteiger partial charge in [-0.25, -0.2) is 9.78 Å². The Balaban J connectivity index is 2.34. The number of nitrogens with zero attached hydrogens (tertiary/aromatic N) is 3. The van der Waals surface area contributed by atoms with Crippen molar-refractivity contribution in [3.8, 4) is 11.3 Å². The molecule has 0 unspecified atom stereocenters. The number of thiazole rings is 1. The number of hydrogen-bond acceptors (Lipinski definition) is 6. The molecule has 0 aliphatic heterocycles. The predicted octanol–water partition coefficient (Wildman–Crippen LogP) is 0.897. The number of guanidine groups is 1. The third-order valence-electron chi connectivity index (χ3n) is 2.17. The van der Waals surface area contributed by atoms with Gasteiger partial charge in [0.2, 0.25) is 5.13 Å². The summed E-state index contributed by atoms with van der Waals surface area (Å²) in [6.45, 7) is 0. The molecule has 0 saturated carbocycles. The molecular formula is C11H11N5O2S. The Kier molecular flexibility index (Phi) is 3.71. The van der Waals surface area contributed by atoms with Crippen molar-refractivity contribution < 1.29 is 9.53 Å². The molecule has 2 aromatic heterocycles. The van der Waals surface area contributed by atoms with Crippen molar-refractivity contribution in [1.29, 1.82) is 0 Å². The van der Waals surface area contributed by atoms with Gasteiger partial charge in [0.25, 0.3) is 0 Å². The Morgan fingerprint density at radius 1 is 1.42 bits per heavy atom. The molecule has 0 aromatic carbocycles. The maximum Gasteiger partial charge on any atom is 0.339 e. The molecule has 0 amide bonds. The maximum atomic E-state index is 11.4. The van der Waals surface area contributed by atoms with E-state index in [4.69, 9.17) is 11.5 Å². The number of hydrogen-bond donors (Lipinski definition) is 2. The second-order valence-electron chi connectivity index (χ2n) is 3.51. The molecule has 0 fully saturated rings. The molecule has 0 spiro atoms. The van der Waals surface area contributed by atoms with Crippen LogP contribution in [0.3, 0.4) is 0 Å². The molecule has 0 radical (unpaired) electrons. The lowest BCUT2D eigenvalue weighted by Crippen LogP contribution is -2.21. The zero-order valence-electron chi connectivity index (χ0n) is 10.0. The van der Waals surface area contributed by atoms with Crippen molar-refractivity contribution in [1.82, 2.24) is 9.97 Å². The highest BCUT2D eigenvalue weighted by Crippen LogP contribution is 2.26. The van der Waals surface area contributed by atoms with E-state index in [1.165, 1.54) is 24.6 Å². The third-order valence-corrected chi connectivity index (χ3v) is 2.91. The quantitative estimate of drug-likeness (QED) is 0.489. The largest absolute Gasteiger partial charge is 0.465 e. The van der Waals surface area contributed by atoms with Gasteiger partial charge in [-0.05, 0) is 6.07 Å². The summed E-state index contributed by atoms with van der Waals surface area (Å²) in [6, 6.07) is 1.65. The van der Waals surface area contributed by atoms with Crippen molar-refractivity contribution in [2.45, 2.75) is 0 Å². The first-order valence-electron chi connectivity index (χ1n) is 5.19. The lowest BCUT2D eigenvalue weighted by Gasteiger charge is -2.00. The second kappa shape index (κ2) is 5.44. The van der Waals surface area contributed by atoms with Gasteiger partial charge in [0.1, 0.15) is 0 Å². The Morgan fingerprint density at radius 2 is 2.21 bits per heavy atom. The van der Waals surface area contributed by atoms with Gasteiger partial charge >= 0.3 is 5.97 Å². The minimum Gasteiger partial charge on any atom is -0.465 e. The van der Waals surface area contributed by atoms with Gasteiger partial charge in [0, 0.05) is 23.3 Å². The molecular weight excluding hydrogens is 266 g/mol. The summed E-state index contributed by atoms with van der Waals surface area (Å²) in [4.78, 5) is 23.5. The number of methoxy groups -OCH3 is 1. The lowest BCUT2D eigenvalue weighted by molar-refractivity contribution is 0.0600. The number of esters is 1. The SMILES string of the molecule is COC(=O)c1cncc(-c2csc(N=C(N)N)n2)c1. The molecule has 19 heavy (non-hydrogen) atoms.